The molecular formula is C46H54. The molecule has 0 aliphatic heterocycles. The van der Waals surface area contributed by atoms with Gasteiger partial charge in [-0.05, 0) is 130 Å². The maximum absolute atomic E-state index is 2.55. The molecule has 0 unspecified atom stereocenters. The largest absolute Gasteiger partial charge is 0.0654 e. The number of hydrogen-bond acceptors (Lipinski definition) is 0. The van der Waals surface area contributed by atoms with Crippen molar-refractivity contribution in [2.24, 2.45) is 0 Å². The molecule has 238 valence electrons. The van der Waals surface area contributed by atoms with E-state index in [-0.39, 0.29) is 0 Å². The van der Waals surface area contributed by atoms with Crippen LogP contribution in [0.25, 0.3) is 44.5 Å². The predicted octanol–water partition coefficient (Wildman–Crippen LogP) is 13.6. The van der Waals surface area contributed by atoms with Gasteiger partial charge in [-0.1, -0.05) is 150 Å². The maximum atomic E-state index is 2.55. The van der Waals surface area contributed by atoms with Crippen molar-refractivity contribution in [1.82, 2.24) is 0 Å². The summed E-state index contributed by atoms with van der Waals surface area (Å²) in [6.45, 7) is 13.5. The van der Waals surface area contributed by atoms with Gasteiger partial charge >= 0.3 is 0 Å². The van der Waals surface area contributed by atoms with E-state index in [4.69, 9.17) is 0 Å². The topological polar surface area (TPSA) is 0 Å². The van der Waals surface area contributed by atoms with E-state index in [0.29, 0.717) is 0 Å². The normalized spacial score (nSPS) is 11.3. The molecule has 0 amide bonds. The molecule has 46 heavy (non-hydrogen) atoms. The van der Waals surface area contributed by atoms with Crippen LogP contribution in [0.2, 0.25) is 0 Å². The third-order valence-corrected chi connectivity index (χ3v) is 9.95. The Morgan fingerprint density at radius 1 is 0.348 bits per heavy atom. The Balaban J connectivity index is 1.54. The zero-order chi connectivity index (χ0) is 32.5. The lowest BCUT2D eigenvalue weighted by Crippen LogP contribution is -1.99. The molecule has 5 aromatic carbocycles. The van der Waals surface area contributed by atoms with Crippen LogP contribution < -0.4 is 0 Å². The van der Waals surface area contributed by atoms with Gasteiger partial charge in [-0.15, -0.1) is 0 Å². The summed E-state index contributed by atoms with van der Waals surface area (Å²) in [5.74, 6) is 0. The van der Waals surface area contributed by atoms with Gasteiger partial charge in [0.05, 0.1) is 0 Å². The lowest BCUT2D eigenvalue weighted by molar-refractivity contribution is 0.713. The molecule has 0 fully saturated rings. The second-order valence-corrected chi connectivity index (χ2v) is 13.2. The second-order valence-electron chi connectivity index (χ2n) is 13.2. The SMILES string of the molecule is CCCCCc1cc(-c2ccc(-c3ccc(C)c(CC)c3)cc2)c(CCCCC)cc1-c1ccc(-c2ccc(C)c(CC)c2)cc1. The minimum absolute atomic E-state index is 1.07. The summed E-state index contributed by atoms with van der Waals surface area (Å²) in [7, 11) is 0. The zero-order valence-corrected chi connectivity index (χ0v) is 29.3. The minimum Gasteiger partial charge on any atom is -0.0654 e. The van der Waals surface area contributed by atoms with Crippen LogP contribution in [0.4, 0.5) is 0 Å². The maximum Gasteiger partial charge on any atom is -0.0149 e. The minimum atomic E-state index is 1.07. The monoisotopic (exact) mass is 606 g/mol. The number of rotatable bonds is 14. The summed E-state index contributed by atoms with van der Waals surface area (Å²) in [5.41, 5.74) is 19.3. The highest BCUT2D eigenvalue weighted by Crippen LogP contribution is 2.36. The molecule has 5 rings (SSSR count). The van der Waals surface area contributed by atoms with Crippen LogP contribution in [0.1, 0.15) is 99.6 Å². The molecule has 0 atom stereocenters. The van der Waals surface area contributed by atoms with Crippen molar-refractivity contribution in [3.8, 4) is 44.5 Å². The molecule has 0 saturated carbocycles. The smallest absolute Gasteiger partial charge is 0.0149 e. The van der Waals surface area contributed by atoms with Gasteiger partial charge in [-0.25, -0.2) is 0 Å². The first-order chi connectivity index (χ1) is 22.4. The van der Waals surface area contributed by atoms with Crippen LogP contribution >= 0.6 is 0 Å². The van der Waals surface area contributed by atoms with Crippen molar-refractivity contribution in [1.29, 1.82) is 0 Å². The van der Waals surface area contributed by atoms with E-state index >= 15 is 0 Å². The molecule has 0 heteroatoms. The third kappa shape index (κ3) is 7.90. The van der Waals surface area contributed by atoms with Gasteiger partial charge in [0, 0.05) is 0 Å². The van der Waals surface area contributed by atoms with Gasteiger partial charge in [0.25, 0.3) is 0 Å². The van der Waals surface area contributed by atoms with Gasteiger partial charge in [0.2, 0.25) is 0 Å². The fourth-order valence-corrected chi connectivity index (χ4v) is 6.92. The molecular weight excluding hydrogens is 553 g/mol. The molecule has 0 heterocycles. The Morgan fingerprint density at radius 3 is 1.04 bits per heavy atom. The quantitative estimate of drug-likeness (QED) is 0.110. The van der Waals surface area contributed by atoms with Crippen molar-refractivity contribution in [3.63, 3.8) is 0 Å². The Morgan fingerprint density at radius 2 is 0.696 bits per heavy atom. The highest BCUT2D eigenvalue weighted by atomic mass is 14.2. The van der Waals surface area contributed by atoms with Crippen LogP contribution in [0, 0.1) is 13.8 Å². The molecule has 0 spiro atoms. The van der Waals surface area contributed by atoms with Crippen LogP contribution in [0.15, 0.2) is 97.1 Å². The molecule has 0 bridgehead atoms. The Kier molecular flexibility index (Phi) is 11.7. The molecule has 5 aromatic rings. The second kappa shape index (κ2) is 16.1. The molecule has 0 aromatic heterocycles. The van der Waals surface area contributed by atoms with E-state index in [1.54, 1.807) is 0 Å². The fraction of sp³-hybridized carbons (Fsp3) is 0.348. The van der Waals surface area contributed by atoms with E-state index in [9.17, 15) is 0 Å². The zero-order valence-electron chi connectivity index (χ0n) is 29.3. The summed E-state index contributed by atoms with van der Waals surface area (Å²) in [6.07, 6.45) is 11.8. The van der Waals surface area contributed by atoms with E-state index in [1.807, 2.05) is 0 Å². The van der Waals surface area contributed by atoms with E-state index in [0.717, 1.165) is 25.7 Å². The van der Waals surface area contributed by atoms with E-state index in [1.165, 1.54) is 116 Å². The number of benzene rings is 5. The van der Waals surface area contributed by atoms with Crippen molar-refractivity contribution >= 4 is 0 Å². The van der Waals surface area contributed by atoms with Gasteiger partial charge in [-0.2, -0.15) is 0 Å². The number of hydrogen-bond donors (Lipinski definition) is 0. The average molecular weight is 607 g/mol. The molecule has 0 N–H and O–H groups in total. The summed E-state index contributed by atoms with van der Waals surface area (Å²) in [6, 6.07) is 37.6. The van der Waals surface area contributed by atoms with Gasteiger partial charge in [-0.3, -0.25) is 0 Å². The van der Waals surface area contributed by atoms with Gasteiger partial charge in [0.15, 0.2) is 0 Å². The Bertz CT molecular complexity index is 1590. The molecule has 0 aliphatic rings. The molecule has 0 aliphatic carbocycles. The summed E-state index contributed by atoms with van der Waals surface area (Å²) in [5, 5.41) is 0. The van der Waals surface area contributed by atoms with E-state index in [2.05, 4.69) is 139 Å². The third-order valence-electron chi connectivity index (χ3n) is 9.95. The van der Waals surface area contributed by atoms with E-state index < -0.39 is 0 Å². The highest BCUT2D eigenvalue weighted by molar-refractivity contribution is 5.79. The van der Waals surface area contributed by atoms with Crippen LogP contribution in [-0.2, 0) is 25.7 Å². The number of unbranched alkanes of at least 4 members (excludes halogenated alkanes) is 4. The first-order valence-electron chi connectivity index (χ1n) is 18.0. The van der Waals surface area contributed by atoms with Crippen molar-refractivity contribution in [2.45, 2.75) is 106 Å². The van der Waals surface area contributed by atoms with Crippen LogP contribution in [-0.4, -0.2) is 0 Å². The summed E-state index contributed by atoms with van der Waals surface area (Å²) < 4.78 is 0. The molecule has 0 saturated heterocycles. The van der Waals surface area contributed by atoms with Crippen LogP contribution in [0.5, 0.6) is 0 Å². The predicted molar refractivity (Wildman–Crippen MR) is 203 cm³/mol. The lowest BCUT2D eigenvalue weighted by Gasteiger charge is -2.18. The highest BCUT2D eigenvalue weighted by Gasteiger charge is 2.15. The van der Waals surface area contributed by atoms with Gasteiger partial charge < -0.3 is 0 Å². The lowest BCUT2D eigenvalue weighted by atomic mass is 9.86. The Labute approximate surface area is 279 Å². The van der Waals surface area contributed by atoms with Gasteiger partial charge in [0.1, 0.15) is 0 Å². The van der Waals surface area contributed by atoms with Crippen LogP contribution in [0.3, 0.4) is 0 Å². The first kappa shape index (κ1) is 33.5. The van der Waals surface area contributed by atoms with Crippen molar-refractivity contribution < 1.29 is 0 Å². The Hall–Kier alpha value is -3.90. The number of aryl methyl sites for hydroxylation is 6. The molecule has 0 nitrogen and oxygen atoms in total. The average Bonchev–Trinajstić information content (AvgIpc) is 3.09. The standard InChI is InChI=1S/C46H54/c1-7-11-13-15-43-31-46(40-27-23-38(24-28-40)42-20-18-34(6)36(10-4)30-42)44(16-14-12-8-2)32-45(43)39-25-21-37(22-26-39)41-19-17-33(5)35(9-3)29-41/h17-32H,7-16H2,1-6H3. The van der Waals surface area contributed by atoms with Crippen molar-refractivity contribution in [3.05, 3.63) is 130 Å². The summed E-state index contributed by atoms with van der Waals surface area (Å²) >= 11 is 0. The summed E-state index contributed by atoms with van der Waals surface area (Å²) in [4.78, 5) is 0. The fourth-order valence-electron chi connectivity index (χ4n) is 6.92. The molecule has 0 radical (unpaired) electrons. The van der Waals surface area contributed by atoms with Crippen molar-refractivity contribution in [2.75, 3.05) is 0 Å². The first-order valence-corrected chi connectivity index (χ1v) is 18.0.